The lowest BCUT2D eigenvalue weighted by atomic mass is 9.82. The number of aryl methyl sites for hydroxylation is 2. The van der Waals surface area contributed by atoms with Gasteiger partial charge < -0.3 is 14.4 Å². The number of aldehydes is 1. The fourth-order valence-electron chi connectivity index (χ4n) is 4.45. The van der Waals surface area contributed by atoms with Gasteiger partial charge in [0.1, 0.15) is 11.2 Å². The minimum atomic E-state index is -3.39. The van der Waals surface area contributed by atoms with Gasteiger partial charge in [-0.1, -0.05) is 49.4 Å². The van der Waals surface area contributed by atoms with Crippen molar-refractivity contribution in [2.75, 3.05) is 13.7 Å². The second-order valence-electron chi connectivity index (χ2n) is 9.58. The van der Waals surface area contributed by atoms with Gasteiger partial charge in [0.15, 0.2) is 0 Å². The largest absolute Gasteiger partial charge is 0.465 e. The van der Waals surface area contributed by atoms with Crippen molar-refractivity contribution in [3.8, 4) is 0 Å². The first-order valence-corrected chi connectivity index (χ1v) is 13.0. The Bertz CT molecular complexity index is 1070. The maximum absolute atomic E-state index is 14.2. The molecule has 1 aliphatic heterocycles. The molecule has 1 aromatic carbocycles. The molecule has 2 aromatic rings. The molecule has 0 radical (unpaired) electrons. The van der Waals surface area contributed by atoms with Crippen LogP contribution in [0.5, 0.6) is 0 Å². The Kier molecular flexibility index (Phi) is 9.54. The van der Waals surface area contributed by atoms with Gasteiger partial charge in [-0.15, -0.1) is 11.3 Å². The number of ether oxygens (including phenoxy) is 1. The number of allylic oxidation sites excluding steroid dienone is 1. The summed E-state index contributed by atoms with van der Waals surface area (Å²) in [5, 5.41) is 0. The molecule has 8 heteroatoms. The molecule has 1 fully saturated rings. The van der Waals surface area contributed by atoms with Crippen LogP contribution >= 0.6 is 11.3 Å². The van der Waals surface area contributed by atoms with Crippen LogP contribution in [-0.2, 0) is 27.2 Å². The Labute approximate surface area is 215 Å². The van der Waals surface area contributed by atoms with Crippen LogP contribution in [0.15, 0.2) is 54.6 Å². The summed E-state index contributed by atoms with van der Waals surface area (Å²) in [6.07, 6.45) is 7.71. The van der Waals surface area contributed by atoms with Gasteiger partial charge in [0, 0.05) is 23.3 Å². The molecule has 2 atom stereocenters. The fourth-order valence-corrected chi connectivity index (χ4v) is 5.42. The first kappa shape index (κ1) is 27.7. The van der Waals surface area contributed by atoms with Gasteiger partial charge in [-0.2, -0.15) is 8.78 Å². The second-order valence-corrected chi connectivity index (χ2v) is 10.7. The summed E-state index contributed by atoms with van der Waals surface area (Å²) in [6.45, 7) is 2.07. The van der Waals surface area contributed by atoms with Gasteiger partial charge in [-0.3, -0.25) is 4.79 Å². The number of hydrogen-bond acceptors (Lipinski definition) is 5. The lowest BCUT2D eigenvalue weighted by Gasteiger charge is -2.23. The minimum Gasteiger partial charge on any atom is -0.465 e. The van der Waals surface area contributed by atoms with Crippen molar-refractivity contribution >= 4 is 29.5 Å². The number of carbonyl (C=O) groups is 3. The summed E-state index contributed by atoms with van der Waals surface area (Å²) in [4.78, 5) is 38.4. The highest BCUT2D eigenvalue weighted by Gasteiger charge is 2.52. The van der Waals surface area contributed by atoms with E-state index < -0.39 is 35.7 Å². The van der Waals surface area contributed by atoms with Crippen LogP contribution in [0, 0.1) is 5.41 Å². The molecule has 5 nitrogen and oxygen atoms in total. The van der Waals surface area contributed by atoms with Gasteiger partial charge in [0.25, 0.3) is 5.91 Å². The maximum atomic E-state index is 14.2. The zero-order valence-electron chi connectivity index (χ0n) is 20.8. The second kappa shape index (κ2) is 12.4. The number of amides is 1. The highest BCUT2D eigenvalue weighted by molar-refractivity contribution is 7.13. The zero-order chi connectivity index (χ0) is 26.2. The summed E-state index contributed by atoms with van der Waals surface area (Å²) in [5.74, 6) is -4.95. The Balaban J connectivity index is 1.54. The number of halogens is 2. The van der Waals surface area contributed by atoms with Crippen LogP contribution < -0.4 is 0 Å². The number of rotatable bonds is 13. The molecule has 194 valence electrons. The number of carbonyl (C=O) groups excluding carboxylic acids is 3. The summed E-state index contributed by atoms with van der Waals surface area (Å²) in [5.41, 5.74) is 0.630. The molecule has 0 bridgehead atoms. The molecule has 0 aliphatic carbocycles. The van der Waals surface area contributed by atoms with Gasteiger partial charge in [0.2, 0.25) is 0 Å². The van der Waals surface area contributed by atoms with E-state index in [4.69, 9.17) is 4.74 Å². The summed E-state index contributed by atoms with van der Waals surface area (Å²) < 4.78 is 33.2. The molecule has 1 saturated heterocycles. The quantitative estimate of drug-likeness (QED) is 0.189. The van der Waals surface area contributed by atoms with Crippen LogP contribution in [0.2, 0.25) is 0 Å². The Morgan fingerprint density at radius 3 is 2.64 bits per heavy atom. The average molecular weight is 518 g/mol. The number of benzene rings is 1. The first-order valence-electron chi connectivity index (χ1n) is 12.2. The number of methoxy groups -OCH3 is 1. The summed E-state index contributed by atoms with van der Waals surface area (Å²) in [6, 6.07) is 12.8. The molecule has 1 aromatic heterocycles. The van der Waals surface area contributed by atoms with Crippen molar-refractivity contribution in [2.45, 2.75) is 63.8 Å². The van der Waals surface area contributed by atoms with E-state index in [0.29, 0.717) is 30.6 Å². The zero-order valence-corrected chi connectivity index (χ0v) is 21.6. The molecule has 36 heavy (non-hydrogen) atoms. The highest BCUT2D eigenvalue weighted by Crippen LogP contribution is 2.35. The van der Waals surface area contributed by atoms with Crippen LogP contribution in [0.1, 0.15) is 59.1 Å². The predicted molar refractivity (Wildman–Crippen MR) is 136 cm³/mol. The number of likely N-dealkylation sites (tertiary alicyclic amines) is 1. The highest BCUT2D eigenvalue weighted by atomic mass is 32.1. The average Bonchev–Trinajstić information content (AvgIpc) is 3.42. The van der Waals surface area contributed by atoms with Crippen molar-refractivity contribution < 1.29 is 27.9 Å². The van der Waals surface area contributed by atoms with E-state index in [9.17, 15) is 23.2 Å². The molecule has 1 amide bonds. The fraction of sp³-hybridized carbons (Fsp3) is 0.464. The monoisotopic (exact) mass is 517 g/mol. The van der Waals surface area contributed by atoms with Crippen molar-refractivity contribution in [2.24, 2.45) is 5.41 Å². The molecule has 0 N–H and O–H groups in total. The smallest absolute Gasteiger partial charge is 0.348 e. The van der Waals surface area contributed by atoms with Gasteiger partial charge in [0.05, 0.1) is 13.2 Å². The van der Waals surface area contributed by atoms with Gasteiger partial charge >= 0.3 is 11.9 Å². The van der Waals surface area contributed by atoms with Crippen LogP contribution in [0.25, 0.3) is 0 Å². The molecular formula is C28H33F2NO4S. The van der Waals surface area contributed by atoms with Crippen molar-refractivity contribution in [3.63, 3.8) is 0 Å². The van der Waals surface area contributed by atoms with E-state index in [1.165, 1.54) is 28.9 Å². The maximum Gasteiger partial charge on any atom is 0.348 e. The molecule has 1 aliphatic rings. The minimum absolute atomic E-state index is 0.191. The van der Waals surface area contributed by atoms with Crippen molar-refractivity contribution in [1.29, 1.82) is 0 Å². The Hall–Kier alpha value is -2.87. The van der Waals surface area contributed by atoms with E-state index >= 15 is 0 Å². The van der Waals surface area contributed by atoms with Crippen molar-refractivity contribution in [1.82, 2.24) is 4.90 Å². The molecule has 2 heterocycles. The van der Waals surface area contributed by atoms with Gasteiger partial charge in [-0.25, -0.2) is 4.79 Å². The number of esters is 1. The summed E-state index contributed by atoms with van der Waals surface area (Å²) >= 11 is 1.30. The molecule has 3 rings (SSSR count). The van der Waals surface area contributed by atoms with Crippen LogP contribution in [0.3, 0.4) is 0 Å². The standard InChI is InChI=1S/C28H33F2NO4S/c1-27(20-32,16-6-11-21-9-4-3-5-10-21)17-7-12-22-19-28(29,30)26(34)31(22)18-8-13-23-14-15-24(36-23)25(33)35-2/h3-5,7,9-10,12,14-15,20,22H,6,8,11,13,16-19H2,1-2H3/b12-7+. The first-order chi connectivity index (χ1) is 17.2. The third kappa shape index (κ3) is 7.32. The molecule has 2 unspecified atom stereocenters. The third-order valence-electron chi connectivity index (χ3n) is 6.59. The predicted octanol–water partition coefficient (Wildman–Crippen LogP) is 5.88. The SMILES string of the molecule is COC(=O)c1ccc(CCCN2C(=O)C(F)(F)CC2/C=C/CC(C)(C=O)CCCc2ccccc2)s1. The van der Waals surface area contributed by atoms with E-state index in [-0.39, 0.29) is 6.54 Å². The van der Waals surface area contributed by atoms with Crippen LogP contribution in [-0.4, -0.2) is 48.7 Å². The number of alkyl halides is 2. The lowest BCUT2D eigenvalue weighted by Crippen LogP contribution is -2.36. The van der Waals surface area contributed by atoms with Crippen LogP contribution in [0.4, 0.5) is 8.78 Å². The molecule has 0 saturated carbocycles. The normalized spacial score (nSPS) is 18.9. The lowest BCUT2D eigenvalue weighted by molar-refractivity contribution is -0.148. The van der Waals surface area contributed by atoms with Gasteiger partial charge in [-0.05, 0) is 56.2 Å². The number of hydrogen-bond donors (Lipinski definition) is 0. The van der Waals surface area contributed by atoms with E-state index in [1.54, 1.807) is 18.2 Å². The van der Waals surface area contributed by atoms with E-state index in [1.807, 2.05) is 31.2 Å². The Morgan fingerprint density at radius 1 is 1.19 bits per heavy atom. The van der Waals surface area contributed by atoms with Crippen molar-refractivity contribution in [3.05, 3.63) is 69.9 Å². The molecular weight excluding hydrogens is 484 g/mol. The molecule has 0 spiro atoms. The van der Waals surface area contributed by atoms with E-state index in [0.717, 1.165) is 24.0 Å². The number of nitrogens with zero attached hydrogens (tertiary/aromatic N) is 1. The van der Waals surface area contributed by atoms with E-state index in [2.05, 4.69) is 12.1 Å². The topological polar surface area (TPSA) is 63.7 Å². The third-order valence-corrected chi connectivity index (χ3v) is 7.72. The summed E-state index contributed by atoms with van der Waals surface area (Å²) in [7, 11) is 1.32. The number of thiophene rings is 1. The Morgan fingerprint density at radius 2 is 1.94 bits per heavy atom.